The van der Waals surface area contributed by atoms with E-state index in [1.807, 2.05) is 19.1 Å². The molecule has 0 spiro atoms. The van der Waals surface area contributed by atoms with Gasteiger partial charge in [0.1, 0.15) is 5.75 Å². The molecule has 0 aliphatic carbocycles. The molecule has 0 saturated carbocycles. The molecule has 0 heterocycles. The first kappa shape index (κ1) is 21.9. The molecule has 6 nitrogen and oxygen atoms in total. The van der Waals surface area contributed by atoms with Gasteiger partial charge in [0, 0.05) is 19.6 Å². The number of carbonyl (C=O) groups is 2. The summed E-state index contributed by atoms with van der Waals surface area (Å²) in [5, 5.41) is 18.5. The maximum atomic E-state index is 11.8. The van der Waals surface area contributed by atoms with Crippen LogP contribution in [0.3, 0.4) is 0 Å². The van der Waals surface area contributed by atoms with Gasteiger partial charge >= 0.3 is 5.97 Å². The van der Waals surface area contributed by atoms with Gasteiger partial charge in [-0.25, -0.2) is 0 Å². The third kappa shape index (κ3) is 10.6. The molecule has 0 bridgehead atoms. The Bertz CT molecular complexity index is 485. The second-order valence-corrected chi connectivity index (χ2v) is 5.92. The first-order valence-corrected chi connectivity index (χ1v) is 8.04. The van der Waals surface area contributed by atoms with Crippen molar-refractivity contribution in [2.75, 3.05) is 13.7 Å². The van der Waals surface area contributed by atoms with E-state index in [2.05, 4.69) is 19.2 Å². The molecule has 0 aliphatic heterocycles. The highest BCUT2D eigenvalue weighted by molar-refractivity contribution is 5.77. The zero-order valence-corrected chi connectivity index (χ0v) is 14.9. The standard InChI is InChI=1S/C17H25NO4.CH4O/c1-12(2)10-13(3)18-16(19)11-22-15-7-4-14(5-8-15)6-9-17(20)21;1-2/h4-5,7-8,12-13H,6,9-11H2,1-3H3,(H,18,19)(H,20,21);2H,1H3. The van der Waals surface area contributed by atoms with Gasteiger partial charge in [-0.05, 0) is 43.4 Å². The number of aliphatic carboxylic acids is 1. The molecule has 1 atom stereocenters. The second kappa shape index (κ2) is 12.4. The van der Waals surface area contributed by atoms with Crippen LogP contribution in [0.5, 0.6) is 5.75 Å². The average Bonchev–Trinajstić information content (AvgIpc) is 2.53. The van der Waals surface area contributed by atoms with Crippen molar-refractivity contribution in [2.45, 2.75) is 46.1 Å². The number of ether oxygens (including phenoxy) is 1. The number of nitrogens with one attached hydrogen (secondary N) is 1. The zero-order chi connectivity index (χ0) is 18.5. The number of carboxylic acid groups (broad SMARTS) is 1. The lowest BCUT2D eigenvalue weighted by Gasteiger charge is -2.16. The number of hydrogen-bond donors (Lipinski definition) is 3. The summed E-state index contributed by atoms with van der Waals surface area (Å²) in [5.41, 5.74) is 0.935. The molecule has 1 unspecified atom stereocenters. The summed E-state index contributed by atoms with van der Waals surface area (Å²) in [4.78, 5) is 22.3. The Morgan fingerprint density at radius 1 is 1.12 bits per heavy atom. The number of carbonyl (C=O) groups excluding carboxylic acids is 1. The summed E-state index contributed by atoms with van der Waals surface area (Å²) >= 11 is 0. The fraction of sp³-hybridized carbons (Fsp3) is 0.556. The number of benzene rings is 1. The molecule has 3 N–H and O–H groups in total. The van der Waals surface area contributed by atoms with Gasteiger partial charge in [-0.2, -0.15) is 0 Å². The largest absolute Gasteiger partial charge is 0.484 e. The SMILES string of the molecule is CC(C)CC(C)NC(=O)COc1ccc(CCC(=O)O)cc1.CO. The minimum absolute atomic E-state index is 0.0170. The van der Waals surface area contributed by atoms with E-state index in [1.165, 1.54) is 0 Å². The average molecular weight is 339 g/mol. The van der Waals surface area contributed by atoms with Crippen molar-refractivity contribution in [3.63, 3.8) is 0 Å². The van der Waals surface area contributed by atoms with Gasteiger partial charge < -0.3 is 20.3 Å². The van der Waals surface area contributed by atoms with Gasteiger partial charge in [0.2, 0.25) is 0 Å². The van der Waals surface area contributed by atoms with Gasteiger partial charge in [0.05, 0.1) is 0 Å². The van der Waals surface area contributed by atoms with Crippen molar-refractivity contribution >= 4 is 11.9 Å². The Morgan fingerprint density at radius 3 is 2.21 bits per heavy atom. The first-order valence-electron chi connectivity index (χ1n) is 8.04. The molecule has 0 aromatic heterocycles. The van der Waals surface area contributed by atoms with Crippen LogP contribution in [-0.4, -0.2) is 41.8 Å². The second-order valence-electron chi connectivity index (χ2n) is 5.92. The Labute approximate surface area is 143 Å². The van der Waals surface area contributed by atoms with Crippen molar-refractivity contribution < 1.29 is 24.5 Å². The molecule has 24 heavy (non-hydrogen) atoms. The Morgan fingerprint density at radius 2 is 1.71 bits per heavy atom. The molecule has 0 aliphatic rings. The van der Waals surface area contributed by atoms with E-state index in [4.69, 9.17) is 14.9 Å². The van der Waals surface area contributed by atoms with Crippen molar-refractivity contribution in [2.24, 2.45) is 5.92 Å². The third-order valence-corrected chi connectivity index (χ3v) is 3.15. The smallest absolute Gasteiger partial charge is 0.303 e. The van der Waals surface area contributed by atoms with Crippen molar-refractivity contribution in [1.82, 2.24) is 5.32 Å². The molecule has 0 radical (unpaired) electrons. The van der Waals surface area contributed by atoms with Crippen LogP contribution < -0.4 is 10.1 Å². The molecular formula is C18H29NO5. The van der Waals surface area contributed by atoms with Crippen LogP contribution in [-0.2, 0) is 16.0 Å². The van der Waals surface area contributed by atoms with E-state index < -0.39 is 5.97 Å². The summed E-state index contributed by atoms with van der Waals surface area (Å²) in [7, 11) is 1.00. The molecule has 0 saturated heterocycles. The summed E-state index contributed by atoms with van der Waals surface area (Å²) < 4.78 is 5.43. The monoisotopic (exact) mass is 339 g/mol. The van der Waals surface area contributed by atoms with E-state index >= 15 is 0 Å². The van der Waals surface area contributed by atoms with Crippen LogP contribution in [0.25, 0.3) is 0 Å². The van der Waals surface area contributed by atoms with Crippen molar-refractivity contribution in [3.05, 3.63) is 29.8 Å². The molecular weight excluding hydrogens is 310 g/mol. The van der Waals surface area contributed by atoms with E-state index in [-0.39, 0.29) is 25.0 Å². The lowest BCUT2D eigenvalue weighted by atomic mass is 10.1. The summed E-state index contributed by atoms with van der Waals surface area (Å²) in [5.74, 6) is 0.191. The fourth-order valence-electron chi connectivity index (χ4n) is 2.24. The van der Waals surface area contributed by atoms with Crippen molar-refractivity contribution in [1.29, 1.82) is 0 Å². The summed E-state index contributed by atoms with van der Waals surface area (Å²) in [6, 6.07) is 7.27. The molecule has 6 heteroatoms. The number of aryl methyl sites for hydroxylation is 1. The predicted octanol–water partition coefficient (Wildman–Crippen LogP) is 2.24. The highest BCUT2D eigenvalue weighted by Crippen LogP contribution is 2.13. The van der Waals surface area contributed by atoms with Gasteiger partial charge in [-0.15, -0.1) is 0 Å². The van der Waals surface area contributed by atoms with Crippen LogP contribution in [0.15, 0.2) is 24.3 Å². The van der Waals surface area contributed by atoms with Gasteiger partial charge in [0.15, 0.2) is 6.61 Å². The maximum Gasteiger partial charge on any atom is 0.303 e. The normalized spacial score (nSPS) is 11.2. The van der Waals surface area contributed by atoms with Gasteiger partial charge in [0.25, 0.3) is 5.91 Å². The van der Waals surface area contributed by atoms with E-state index in [0.717, 1.165) is 19.1 Å². The van der Waals surface area contributed by atoms with Gasteiger partial charge in [-0.3, -0.25) is 9.59 Å². The third-order valence-electron chi connectivity index (χ3n) is 3.15. The minimum Gasteiger partial charge on any atom is -0.484 e. The number of aliphatic hydroxyl groups is 1. The molecule has 1 aromatic rings. The van der Waals surface area contributed by atoms with Crippen LogP contribution in [0.4, 0.5) is 0 Å². The van der Waals surface area contributed by atoms with E-state index in [0.29, 0.717) is 18.1 Å². The Balaban J connectivity index is 0.00000254. The Kier molecular flexibility index (Phi) is 11.3. The number of aliphatic hydroxyl groups excluding tert-OH is 1. The highest BCUT2D eigenvalue weighted by Gasteiger charge is 2.09. The molecule has 1 amide bonds. The van der Waals surface area contributed by atoms with E-state index in [1.54, 1.807) is 12.1 Å². The summed E-state index contributed by atoms with van der Waals surface area (Å²) in [6.07, 6.45) is 1.53. The van der Waals surface area contributed by atoms with Gasteiger partial charge in [-0.1, -0.05) is 26.0 Å². The number of amides is 1. The fourth-order valence-corrected chi connectivity index (χ4v) is 2.24. The van der Waals surface area contributed by atoms with Crippen LogP contribution in [0.1, 0.15) is 39.2 Å². The lowest BCUT2D eigenvalue weighted by molar-refractivity contribution is -0.137. The van der Waals surface area contributed by atoms with E-state index in [9.17, 15) is 9.59 Å². The number of carboxylic acids is 1. The quantitative estimate of drug-likeness (QED) is 0.641. The highest BCUT2D eigenvalue weighted by atomic mass is 16.5. The lowest BCUT2D eigenvalue weighted by Crippen LogP contribution is -2.36. The molecule has 0 fully saturated rings. The molecule has 1 aromatic carbocycles. The number of rotatable bonds is 9. The zero-order valence-electron chi connectivity index (χ0n) is 14.9. The molecule has 136 valence electrons. The predicted molar refractivity (Wildman–Crippen MR) is 93.1 cm³/mol. The van der Waals surface area contributed by atoms with Crippen molar-refractivity contribution in [3.8, 4) is 5.75 Å². The van der Waals surface area contributed by atoms with Crippen LogP contribution in [0.2, 0.25) is 0 Å². The first-order chi connectivity index (χ1) is 11.4. The van der Waals surface area contributed by atoms with Crippen LogP contribution in [0, 0.1) is 5.92 Å². The Hall–Kier alpha value is -2.08. The minimum atomic E-state index is -0.812. The topological polar surface area (TPSA) is 95.9 Å². The number of hydrogen-bond acceptors (Lipinski definition) is 4. The molecule has 1 rings (SSSR count). The maximum absolute atomic E-state index is 11.8. The summed E-state index contributed by atoms with van der Waals surface area (Å²) in [6.45, 7) is 6.20. The van der Waals surface area contributed by atoms with Crippen LogP contribution >= 0.6 is 0 Å².